The summed E-state index contributed by atoms with van der Waals surface area (Å²) in [7, 11) is 1.51. The van der Waals surface area contributed by atoms with Crippen molar-refractivity contribution >= 4 is 62.5 Å². The van der Waals surface area contributed by atoms with Crippen molar-refractivity contribution in [3.05, 3.63) is 71.2 Å². The van der Waals surface area contributed by atoms with Gasteiger partial charge in [-0.25, -0.2) is 0 Å². The van der Waals surface area contributed by atoms with E-state index in [0.29, 0.717) is 22.0 Å². The van der Waals surface area contributed by atoms with Crippen LogP contribution in [0, 0.1) is 0 Å². The van der Waals surface area contributed by atoms with Crippen LogP contribution >= 0.6 is 23.8 Å². The van der Waals surface area contributed by atoms with Crippen molar-refractivity contribution < 1.29 is 13.9 Å². The molecule has 2 N–H and O–H groups in total. The van der Waals surface area contributed by atoms with Gasteiger partial charge in [-0.1, -0.05) is 29.8 Å². The Balaban J connectivity index is 1.49. The number of nitrogens with one attached hydrogen (secondary N) is 2. The summed E-state index contributed by atoms with van der Waals surface area (Å²) in [6, 6.07) is 18.3. The second kappa shape index (κ2) is 7.50. The van der Waals surface area contributed by atoms with E-state index in [-0.39, 0.29) is 11.0 Å². The van der Waals surface area contributed by atoms with Gasteiger partial charge in [-0.2, -0.15) is 0 Å². The molecule has 0 radical (unpaired) electrons. The normalized spacial score (nSPS) is 10.8. The van der Waals surface area contributed by atoms with Crippen LogP contribution in [-0.2, 0) is 0 Å². The highest BCUT2D eigenvalue weighted by Gasteiger charge is 2.12. The average molecular weight is 411 g/mol. The molecular weight excluding hydrogens is 396 g/mol. The van der Waals surface area contributed by atoms with Gasteiger partial charge in [0.2, 0.25) is 0 Å². The summed E-state index contributed by atoms with van der Waals surface area (Å²) in [4.78, 5) is 12.4. The third-order valence-corrected chi connectivity index (χ3v) is 4.78. The Kier molecular flexibility index (Phi) is 4.90. The first-order valence-corrected chi connectivity index (χ1v) is 9.21. The number of benzene rings is 3. The standard InChI is InChI=1S/C21H15ClN2O3S/c1-26-18-9-6-12(10-16(18)22)20(25)24-21(28)23-13-7-8-15-14-4-2-3-5-17(14)27-19(15)11-13/h2-11H,1H3,(H2,23,24,25,28). The fourth-order valence-electron chi connectivity index (χ4n) is 2.95. The van der Waals surface area contributed by atoms with E-state index in [1.807, 2.05) is 42.5 Å². The fourth-order valence-corrected chi connectivity index (χ4v) is 3.42. The molecule has 4 aromatic rings. The minimum absolute atomic E-state index is 0.174. The number of rotatable bonds is 3. The first kappa shape index (κ1) is 18.3. The lowest BCUT2D eigenvalue weighted by Crippen LogP contribution is -2.34. The van der Waals surface area contributed by atoms with Gasteiger partial charge in [0.25, 0.3) is 5.91 Å². The monoisotopic (exact) mass is 410 g/mol. The molecule has 0 saturated carbocycles. The molecule has 4 rings (SSSR count). The lowest BCUT2D eigenvalue weighted by Gasteiger charge is -2.10. The van der Waals surface area contributed by atoms with Crippen LogP contribution in [0.3, 0.4) is 0 Å². The molecule has 0 saturated heterocycles. The molecule has 0 spiro atoms. The number of para-hydroxylation sites is 1. The van der Waals surface area contributed by atoms with E-state index in [2.05, 4.69) is 10.6 Å². The summed E-state index contributed by atoms with van der Waals surface area (Å²) in [5.41, 5.74) is 2.65. The van der Waals surface area contributed by atoms with Crippen LogP contribution in [-0.4, -0.2) is 18.1 Å². The summed E-state index contributed by atoms with van der Waals surface area (Å²) < 4.78 is 10.9. The second-order valence-electron chi connectivity index (χ2n) is 6.07. The summed E-state index contributed by atoms with van der Waals surface area (Å²) in [5.74, 6) is 0.130. The van der Waals surface area contributed by atoms with Crippen LogP contribution in [0.25, 0.3) is 21.9 Å². The van der Waals surface area contributed by atoms with Crippen molar-refractivity contribution in [2.45, 2.75) is 0 Å². The van der Waals surface area contributed by atoms with Crippen molar-refractivity contribution in [2.75, 3.05) is 12.4 Å². The Hall–Kier alpha value is -3.09. The maximum Gasteiger partial charge on any atom is 0.257 e. The zero-order chi connectivity index (χ0) is 19.7. The van der Waals surface area contributed by atoms with E-state index in [4.69, 9.17) is 33.0 Å². The van der Waals surface area contributed by atoms with E-state index in [0.717, 1.165) is 21.9 Å². The van der Waals surface area contributed by atoms with Crippen LogP contribution in [0.2, 0.25) is 5.02 Å². The van der Waals surface area contributed by atoms with Crippen molar-refractivity contribution in [2.24, 2.45) is 0 Å². The molecule has 1 amide bonds. The Morgan fingerprint density at radius 2 is 1.82 bits per heavy atom. The number of thiocarbonyl (C=S) groups is 1. The molecule has 0 bridgehead atoms. The second-order valence-corrected chi connectivity index (χ2v) is 6.88. The van der Waals surface area contributed by atoms with Gasteiger partial charge in [0.05, 0.1) is 12.1 Å². The first-order chi connectivity index (χ1) is 13.5. The molecule has 3 aromatic carbocycles. The number of carbonyl (C=O) groups excluding carboxylic acids is 1. The van der Waals surface area contributed by atoms with E-state index in [1.165, 1.54) is 13.2 Å². The summed E-state index contributed by atoms with van der Waals surface area (Å²) in [6.45, 7) is 0. The number of fused-ring (bicyclic) bond motifs is 3. The largest absolute Gasteiger partial charge is 0.495 e. The Labute approximate surface area is 171 Å². The Morgan fingerprint density at radius 3 is 2.61 bits per heavy atom. The van der Waals surface area contributed by atoms with Crippen molar-refractivity contribution in [1.82, 2.24) is 5.32 Å². The minimum Gasteiger partial charge on any atom is -0.495 e. The van der Waals surface area contributed by atoms with Gasteiger partial charge in [-0.05, 0) is 48.6 Å². The molecule has 0 aliphatic rings. The van der Waals surface area contributed by atoms with Crippen LogP contribution in [0.4, 0.5) is 5.69 Å². The molecule has 0 fully saturated rings. The van der Waals surface area contributed by atoms with Gasteiger partial charge in [0.15, 0.2) is 5.11 Å². The molecule has 0 aliphatic carbocycles. The van der Waals surface area contributed by atoms with Gasteiger partial charge in [-0.15, -0.1) is 0 Å². The molecule has 28 heavy (non-hydrogen) atoms. The smallest absolute Gasteiger partial charge is 0.257 e. The number of hydrogen-bond donors (Lipinski definition) is 2. The molecule has 0 atom stereocenters. The zero-order valence-electron chi connectivity index (χ0n) is 14.8. The molecule has 0 aliphatic heterocycles. The van der Waals surface area contributed by atoms with E-state index in [1.54, 1.807) is 12.1 Å². The Morgan fingerprint density at radius 1 is 1.04 bits per heavy atom. The van der Waals surface area contributed by atoms with Gasteiger partial charge in [0, 0.05) is 28.1 Å². The van der Waals surface area contributed by atoms with Crippen molar-refractivity contribution in [3.63, 3.8) is 0 Å². The topological polar surface area (TPSA) is 63.5 Å². The number of carbonyl (C=O) groups is 1. The maximum atomic E-state index is 12.4. The van der Waals surface area contributed by atoms with E-state index < -0.39 is 0 Å². The van der Waals surface area contributed by atoms with Gasteiger partial charge in [-0.3, -0.25) is 10.1 Å². The number of ether oxygens (including phenoxy) is 1. The van der Waals surface area contributed by atoms with E-state index >= 15 is 0 Å². The van der Waals surface area contributed by atoms with Crippen LogP contribution in [0.5, 0.6) is 5.75 Å². The van der Waals surface area contributed by atoms with Crippen molar-refractivity contribution in [3.8, 4) is 5.75 Å². The van der Waals surface area contributed by atoms with Crippen LogP contribution in [0.1, 0.15) is 10.4 Å². The first-order valence-electron chi connectivity index (χ1n) is 8.42. The molecule has 0 unspecified atom stereocenters. The SMILES string of the molecule is COc1ccc(C(=O)NC(=S)Nc2ccc3c(c2)oc2ccccc23)cc1Cl. The summed E-state index contributed by atoms with van der Waals surface area (Å²) in [6.07, 6.45) is 0. The molecule has 7 heteroatoms. The fraction of sp³-hybridized carbons (Fsp3) is 0.0476. The third kappa shape index (κ3) is 3.52. The predicted molar refractivity (Wildman–Crippen MR) is 115 cm³/mol. The highest BCUT2D eigenvalue weighted by molar-refractivity contribution is 7.80. The van der Waals surface area contributed by atoms with Crippen LogP contribution < -0.4 is 15.4 Å². The van der Waals surface area contributed by atoms with Gasteiger partial charge < -0.3 is 14.5 Å². The maximum absolute atomic E-state index is 12.4. The minimum atomic E-state index is -0.369. The Bertz CT molecular complexity index is 1220. The highest BCUT2D eigenvalue weighted by atomic mass is 35.5. The molecule has 140 valence electrons. The lowest BCUT2D eigenvalue weighted by molar-refractivity contribution is 0.0977. The lowest BCUT2D eigenvalue weighted by atomic mass is 10.1. The number of halogens is 1. The average Bonchev–Trinajstić information content (AvgIpc) is 3.05. The number of hydrogen-bond acceptors (Lipinski definition) is 4. The zero-order valence-corrected chi connectivity index (χ0v) is 16.4. The number of anilines is 1. The number of methoxy groups -OCH3 is 1. The highest BCUT2D eigenvalue weighted by Crippen LogP contribution is 2.30. The molecule has 1 heterocycles. The van der Waals surface area contributed by atoms with E-state index in [9.17, 15) is 4.79 Å². The molecule has 1 aromatic heterocycles. The predicted octanol–water partition coefficient (Wildman–Crippen LogP) is 5.37. The summed E-state index contributed by atoms with van der Waals surface area (Å²) >= 11 is 11.3. The summed E-state index contributed by atoms with van der Waals surface area (Å²) in [5, 5.41) is 8.23. The van der Waals surface area contributed by atoms with Gasteiger partial charge >= 0.3 is 0 Å². The quantitative estimate of drug-likeness (QED) is 0.444. The van der Waals surface area contributed by atoms with Crippen LogP contribution in [0.15, 0.2) is 65.1 Å². The third-order valence-electron chi connectivity index (χ3n) is 4.28. The molecular formula is C21H15ClN2O3S. The molecule has 5 nitrogen and oxygen atoms in total. The number of amides is 1. The number of furan rings is 1. The van der Waals surface area contributed by atoms with Crippen molar-refractivity contribution in [1.29, 1.82) is 0 Å². The van der Waals surface area contributed by atoms with Gasteiger partial charge in [0.1, 0.15) is 16.9 Å².